The lowest BCUT2D eigenvalue weighted by molar-refractivity contribution is -0.377. The highest BCUT2D eigenvalue weighted by Gasteiger charge is 2.68. The standard InChI is InChI=1S/C32H46O19/c1-15(33)40-11-22-24(44-19(5)37)26-27(50-32(49-26,30(8,9)10)14-43-18(4)36)29(47-22)51-31(13-42-17(3)35)28(46-21(7)39)25(45-20(6)38)23(48-31)12-41-16(2)34/h22-29H,11-14H2,1-10H3/t22-,23-,24-,25-,26+,27-,28+,29-,31+,32+/m1/s1. The average Bonchev–Trinajstić information content (AvgIpc) is 3.51. The first-order valence-electron chi connectivity index (χ1n) is 16.0. The van der Waals surface area contributed by atoms with Crippen LogP contribution >= 0.6 is 0 Å². The van der Waals surface area contributed by atoms with Crippen LogP contribution in [0.1, 0.15) is 69.2 Å². The molecule has 0 radical (unpaired) electrons. The van der Waals surface area contributed by atoms with Crippen LogP contribution in [-0.4, -0.2) is 129 Å². The van der Waals surface area contributed by atoms with Crippen molar-refractivity contribution >= 4 is 41.8 Å². The van der Waals surface area contributed by atoms with Gasteiger partial charge >= 0.3 is 41.8 Å². The Morgan fingerprint density at radius 2 is 1.02 bits per heavy atom. The fourth-order valence-corrected chi connectivity index (χ4v) is 5.68. The van der Waals surface area contributed by atoms with Crippen LogP contribution in [0.3, 0.4) is 0 Å². The summed E-state index contributed by atoms with van der Waals surface area (Å²) >= 11 is 0. The van der Waals surface area contributed by atoms with E-state index in [0.29, 0.717) is 0 Å². The largest absolute Gasteiger partial charge is 0.463 e. The van der Waals surface area contributed by atoms with E-state index in [1.165, 1.54) is 6.92 Å². The summed E-state index contributed by atoms with van der Waals surface area (Å²) in [6, 6.07) is 0. The highest BCUT2D eigenvalue weighted by atomic mass is 16.9. The summed E-state index contributed by atoms with van der Waals surface area (Å²) in [5, 5.41) is 0. The fraction of sp³-hybridized carbons (Fsp3) is 0.781. The number of rotatable bonds is 13. The summed E-state index contributed by atoms with van der Waals surface area (Å²) in [6.07, 6.45) is -11.5. The van der Waals surface area contributed by atoms with Crippen LogP contribution in [-0.2, 0) is 90.4 Å². The zero-order valence-corrected chi connectivity index (χ0v) is 30.2. The van der Waals surface area contributed by atoms with Crippen molar-refractivity contribution in [3.63, 3.8) is 0 Å². The number of ether oxygens (including phenoxy) is 12. The Labute approximate surface area is 294 Å². The van der Waals surface area contributed by atoms with Gasteiger partial charge < -0.3 is 56.8 Å². The molecule has 3 fully saturated rings. The van der Waals surface area contributed by atoms with Gasteiger partial charge in [0.25, 0.3) is 0 Å². The van der Waals surface area contributed by atoms with Gasteiger partial charge in [0.05, 0.1) is 0 Å². The molecule has 3 heterocycles. The van der Waals surface area contributed by atoms with Crippen molar-refractivity contribution in [1.29, 1.82) is 0 Å². The first-order valence-corrected chi connectivity index (χ1v) is 16.0. The number of carbonyl (C=O) groups is 7. The van der Waals surface area contributed by atoms with Gasteiger partial charge in [0.2, 0.25) is 11.6 Å². The lowest BCUT2D eigenvalue weighted by Gasteiger charge is -2.44. The van der Waals surface area contributed by atoms with E-state index in [0.717, 1.165) is 41.5 Å². The van der Waals surface area contributed by atoms with Crippen molar-refractivity contribution in [1.82, 2.24) is 0 Å². The van der Waals surface area contributed by atoms with Crippen LogP contribution in [0.15, 0.2) is 0 Å². The first-order chi connectivity index (χ1) is 23.6. The van der Waals surface area contributed by atoms with Gasteiger partial charge in [-0.25, -0.2) is 0 Å². The second-order valence-electron chi connectivity index (χ2n) is 13.1. The lowest BCUT2D eigenvalue weighted by atomic mass is 9.85. The van der Waals surface area contributed by atoms with E-state index >= 15 is 0 Å². The number of hydrogen-bond donors (Lipinski definition) is 0. The fourth-order valence-electron chi connectivity index (χ4n) is 5.68. The third-order valence-corrected chi connectivity index (χ3v) is 7.89. The summed E-state index contributed by atoms with van der Waals surface area (Å²) in [5.41, 5.74) is -0.953. The molecule has 0 saturated carbocycles. The van der Waals surface area contributed by atoms with Crippen LogP contribution < -0.4 is 0 Å². The lowest BCUT2D eigenvalue weighted by Crippen LogP contribution is -2.63. The van der Waals surface area contributed by atoms with Gasteiger partial charge in [0.15, 0.2) is 24.6 Å². The highest BCUT2D eigenvalue weighted by Crippen LogP contribution is 2.49. The molecule has 0 aromatic rings. The number of fused-ring (bicyclic) bond motifs is 1. The van der Waals surface area contributed by atoms with Crippen LogP contribution in [0, 0.1) is 5.41 Å². The van der Waals surface area contributed by atoms with Crippen LogP contribution in [0.2, 0.25) is 0 Å². The van der Waals surface area contributed by atoms with Crippen LogP contribution in [0.25, 0.3) is 0 Å². The SMILES string of the molecule is CC(=O)OC[C@H]1O[C@@](COC(C)=O)(O[C@H]2O[C@H](COC(C)=O)[C@@H](OC(C)=O)[C@@H]3O[C@](COC(C)=O)(C(C)(C)C)O[C@@H]23)[C@@H](OC(C)=O)[C@@H]1OC(C)=O. The third-order valence-electron chi connectivity index (χ3n) is 7.89. The molecule has 0 spiro atoms. The van der Waals surface area contributed by atoms with Crippen molar-refractivity contribution in [2.75, 3.05) is 26.4 Å². The zero-order valence-electron chi connectivity index (χ0n) is 30.2. The van der Waals surface area contributed by atoms with E-state index in [-0.39, 0.29) is 0 Å². The van der Waals surface area contributed by atoms with Gasteiger partial charge in [0.1, 0.15) is 50.8 Å². The summed E-state index contributed by atoms with van der Waals surface area (Å²) in [6.45, 7) is 10.7. The Morgan fingerprint density at radius 3 is 1.51 bits per heavy atom. The predicted octanol–water partition coefficient (Wildman–Crippen LogP) is 0.397. The second kappa shape index (κ2) is 16.6. The number of carbonyl (C=O) groups excluding carboxylic acids is 7. The van der Waals surface area contributed by atoms with Crippen LogP contribution in [0.4, 0.5) is 0 Å². The van der Waals surface area contributed by atoms with E-state index in [4.69, 9.17) is 56.8 Å². The van der Waals surface area contributed by atoms with Crippen molar-refractivity contribution in [3.05, 3.63) is 0 Å². The summed E-state index contributed by atoms with van der Waals surface area (Å²) < 4.78 is 69.5. The van der Waals surface area contributed by atoms with E-state index < -0.39 is 134 Å². The summed E-state index contributed by atoms with van der Waals surface area (Å²) in [5.74, 6) is -9.53. The summed E-state index contributed by atoms with van der Waals surface area (Å²) in [7, 11) is 0. The maximum absolute atomic E-state index is 12.5. The highest BCUT2D eigenvalue weighted by molar-refractivity contribution is 5.69. The average molecular weight is 735 g/mol. The number of esters is 7. The minimum absolute atomic E-state index is 0.447. The molecule has 51 heavy (non-hydrogen) atoms. The molecule has 3 saturated heterocycles. The molecule has 0 bridgehead atoms. The Hall–Kier alpha value is -3.91. The molecule has 19 nitrogen and oxygen atoms in total. The number of hydrogen-bond acceptors (Lipinski definition) is 19. The van der Waals surface area contributed by atoms with Gasteiger partial charge in [-0.1, -0.05) is 20.8 Å². The molecule has 0 aliphatic carbocycles. The molecule has 0 aromatic heterocycles. The van der Waals surface area contributed by atoms with E-state index in [2.05, 4.69) is 0 Å². The molecular formula is C32H46O19. The van der Waals surface area contributed by atoms with Gasteiger partial charge in [-0.2, -0.15) is 0 Å². The van der Waals surface area contributed by atoms with Gasteiger partial charge in [-0.3, -0.25) is 33.6 Å². The Balaban J connectivity index is 2.23. The van der Waals surface area contributed by atoms with Crippen molar-refractivity contribution in [3.8, 4) is 0 Å². The maximum atomic E-state index is 12.5. The molecule has 3 aliphatic heterocycles. The van der Waals surface area contributed by atoms with Crippen molar-refractivity contribution < 1.29 is 90.4 Å². The predicted molar refractivity (Wildman–Crippen MR) is 162 cm³/mol. The van der Waals surface area contributed by atoms with E-state index in [1.807, 2.05) is 0 Å². The normalized spacial score (nSPS) is 32.9. The maximum Gasteiger partial charge on any atom is 0.303 e. The minimum atomic E-state index is -2.37. The van der Waals surface area contributed by atoms with Crippen LogP contribution in [0.5, 0.6) is 0 Å². The van der Waals surface area contributed by atoms with Crippen molar-refractivity contribution in [2.45, 2.75) is 130 Å². The topological polar surface area (TPSA) is 230 Å². The molecule has 0 amide bonds. The molecule has 19 heteroatoms. The Morgan fingerprint density at radius 1 is 0.549 bits per heavy atom. The van der Waals surface area contributed by atoms with Gasteiger partial charge in [0, 0.05) is 53.9 Å². The first kappa shape index (κ1) is 41.5. The van der Waals surface area contributed by atoms with Crippen molar-refractivity contribution in [2.24, 2.45) is 5.41 Å². The smallest absolute Gasteiger partial charge is 0.303 e. The van der Waals surface area contributed by atoms with E-state index in [1.54, 1.807) is 20.8 Å². The zero-order chi connectivity index (χ0) is 38.5. The van der Waals surface area contributed by atoms with Gasteiger partial charge in [-0.15, -0.1) is 0 Å². The minimum Gasteiger partial charge on any atom is -0.463 e. The molecular weight excluding hydrogens is 688 g/mol. The Bertz CT molecular complexity index is 1340. The monoisotopic (exact) mass is 734 g/mol. The molecule has 0 N–H and O–H groups in total. The quantitative estimate of drug-likeness (QED) is 0.184. The van der Waals surface area contributed by atoms with E-state index in [9.17, 15) is 33.6 Å². The molecule has 3 rings (SSSR count). The van der Waals surface area contributed by atoms with Gasteiger partial charge in [-0.05, 0) is 0 Å². The summed E-state index contributed by atoms with van der Waals surface area (Å²) in [4.78, 5) is 84.9. The molecule has 0 unspecified atom stereocenters. The molecule has 3 aliphatic rings. The molecule has 10 atom stereocenters. The Kier molecular flexibility index (Phi) is 13.5. The third kappa shape index (κ3) is 10.3. The molecule has 288 valence electrons. The molecule has 0 aromatic carbocycles. The second-order valence-corrected chi connectivity index (χ2v) is 13.1.